The molecule has 6 rings (SSSR count). The Morgan fingerprint density at radius 1 is 0.868 bits per heavy atom. The molecule has 0 radical (unpaired) electrons. The fourth-order valence-corrected chi connectivity index (χ4v) is 5.46. The summed E-state index contributed by atoms with van der Waals surface area (Å²) in [6, 6.07) is 23.9. The molecule has 1 aliphatic heterocycles. The first-order valence-corrected chi connectivity index (χ1v) is 13.0. The number of anilines is 2. The monoisotopic (exact) mass is 508 g/mol. The van der Waals surface area contributed by atoms with Crippen LogP contribution in [0.1, 0.15) is 33.6 Å². The van der Waals surface area contributed by atoms with Crippen molar-refractivity contribution in [3.05, 3.63) is 124 Å². The second-order valence-electron chi connectivity index (χ2n) is 10.1. The van der Waals surface area contributed by atoms with Gasteiger partial charge in [0.05, 0.1) is 17.8 Å². The summed E-state index contributed by atoms with van der Waals surface area (Å²) in [5, 5.41) is 4.54. The van der Waals surface area contributed by atoms with Crippen molar-refractivity contribution in [1.29, 1.82) is 0 Å². The number of hydrogen-bond donors (Lipinski definition) is 1. The molecule has 6 heteroatoms. The average Bonchev–Trinajstić information content (AvgIpc) is 3.17. The first-order valence-electron chi connectivity index (χ1n) is 13.0. The Morgan fingerprint density at radius 2 is 1.66 bits per heavy atom. The van der Waals surface area contributed by atoms with E-state index in [0.717, 1.165) is 58.9 Å². The molecule has 0 unspecified atom stereocenters. The number of aromatic nitrogens is 2. The van der Waals surface area contributed by atoms with Crippen molar-refractivity contribution in [3.8, 4) is 0 Å². The van der Waals surface area contributed by atoms with Crippen molar-refractivity contribution in [3.63, 3.8) is 0 Å². The Kier molecular flexibility index (Phi) is 6.32. The lowest BCUT2D eigenvalue weighted by molar-refractivity contribution is 0.623. The Bertz CT molecular complexity index is 1620. The van der Waals surface area contributed by atoms with Crippen LogP contribution >= 0.6 is 0 Å². The van der Waals surface area contributed by atoms with E-state index in [0.29, 0.717) is 13.1 Å². The first kappa shape index (κ1) is 24.2. The highest BCUT2D eigenvalue weighted by atomic mass is 19.1. The van der Waals surface area contributed by atoms with Gasteiger partial charge in [0.2, 0.25) is 0 Å². The smallest absolute Gasteiger partial charge is 0.153 e. The third kappa shape index (κ3) is 4.62. The van der Waals surface area contributed by atoms with Gasteiger partial charge in [0.15, 0.2) is 5.82 Å². The number of rotatable bonds is 6. The minimum absolute atomic E-state index is 0.228. The van der Waals surface area contributed by atoms with Crippen LogP contribution in [0.25, 0.3) is 10.9 Å². The molecule has 2 aromatic heterocycles. The van der Waals surface area contributed by atoms with Crippen LogP contribution in [0.2, 0.25) is 0 Å². The maximum atomic E-state index is 14.0. The Hall–Kier alpha value is -4.19. The van der Waals surface area contributed by atoms with Gasteiger partial charge in [0.25, 0.3) is 0 Å². The van der Waals surface area contributed by atoms with Crippen LogP contribution in [0.5, 0.6) is 0 Å². The predicted molar refractivity (Wildman–Crippen MR) is 150 cm³/mol. The van der Waals surface area contributed by atoms with Gasteiger partial charge in [-0.15, -0.1) is 0 Å². The van der Waals surface area contributed by atoms with Crippen LogP contribution in [0, 0.1) is 25.5 Å². The molecule has 1 N–H and O–H groups in total. The fraction of sp³-hybridized carbons (Fsp3) is 0.219. The molecule has 0 aliphatic carbocycles. The molecule has 0 spiro atoms. The van der Waals surface area contributed by atoms with Gasteiger partial charge in [0, 0.05) is 36.4 Å². The summed E-state index contributed by atoms with van der Waals surface area (Å²) in [5.74, 6) is 0.461. The highest BCUT2D eigenvalue weighted by Gasteiger charge is 2.24. The van der Waals surface area contributed by atoms with Gasteiger partial charge in [-0.2, -0.15) is 0 Å². The molecule has 1 aliphatic rings. The molecule has 0 fully saturated rings. The summed E-state index contributed by atoms with van der Waals surface area (Å²) in [4.78, 5) is 7.57. The number of pyridine rings is 1. The molecular formula is C32H30F2N4. The Labute approximate surface area is 221 Å². The summed E-state index contributed by atoms with van der Waals surface area (Å²) in [7, 11) is 0. The number of nitrogens with one attached hydrogen (secondary N) is 1. The van der Waals surface area contributed by atoms with E-state index in [-0.39, 0.29) is 11.6 Å². The van der Waals surface area contributed by atoms with E-state index in [1.54, 1.807) is 24.3 Å². The minimum atomic E-state index is -0.256. The molecular weight excluding hydrogens is 478 g/mol. The van der Waals surface area contributed by atoms with E-state index in [1.165, 1.54) is 34.9 Å². The maximum Gasteiger partial charge on any atom is 0.153 e. The summed E-state index contributed by atoms with van der Waals surface area (Å²) >= 11 is 0. The zero-order valence-electron chi connectivity index (χ0n) is 21.6. The molecule has 0 atom stereocenters. The van der Waals surface area contributed by atoms with Gasteiger partial charge in [-0.3, -0.25) is 0 Å². The van der Waals surface area contributed by atoms with Gasteiger partial charge in [-0.1, -0.05) is 36.4 Å². The second-order valence-corrected chi connectivity index (χ2v) is 10.1. The zero-order valence-corrected chi connectivity index (χ0v) is 21.6. The SMILES string of the molecule is Cc1c(C)n(Cc2cccc(F)c2)c2c(N3CCc4ccccc4C3)nc(CNc3ccc(F)cc3)cc12. The lowest BCUT2D eigenvalue weighted by atomic mass is 10.00. The Balaban J connectivity index is 1.45. The zero-order chi connectivity index (χ0) is 26.2. The van der Waals surface area contributed by atoms with Crippen molar-refractivity contribution >= 4 is 22.4 Å². The Morgan fingerprint density at radius 3 is 2.45 bits per heavy atom. The lowest BCUT2D eigenvalue weighted by Gasteiger charge is -2.31. The van der Waals surface area contributed by atoms with Crippen LogP contribution in [0.4, 0.5) is 20.3 Å². The van der Waals surface area contributed by atoms with Gasteiger partial charge in [-0.05, 0) is 85.0 Å². The molecule has 0 saturated heterocycles. The molecule has 0 amide bonds. The largest absolute Gasteiger partial charge is 0.379 e. The van der Waals surface area contributed by atoms with E-state index in [9.17, 15) is 8.78 Å². The molecule has 4 nitrogen and oxygen atoms in total. The third-order valence-electron chi connectivity index (χ3n) is 7.63. The minimum Gasteiger partial charge on any atom is -0.379 e. The van der Waals surface area contributed by atoms with Gasteiger partial charge in [0.1, 0.15) is 11.6 Å². The summed E-state index contributed by atoms with van der Waals surface area (Å²) < 4.78 is 29.7. The van der Waals surface area contributed by atoms with Crippen LogP contribution in [0.3, 0.4) is 0 Å². The third-order valence-corrected chi connectivity index (χ3v) is 7.63. The van der Waals surface area contributed by atoms with Crippen molar-refractivity contribution in [2.45, 2.75) is 39.9 Å². The first-order chi connectivity index (χ1) is 18.5. The lowest BCUT2D eigenvalue weighted by Crippen LogP contribution is -2.31. The van der Waals surface area contributed by atoms with Gasteiger partial charge < -0.3 is 14.8 Å². The molecule has 3 aromatic carbocycles. The van der Waals surface area contributed by atoms with Crippen molar-refractivity contribution in [2.75, 3.05) is 16.8 Å². The van der Waals surface area contributed by atoms with E-state index in [2.05, 4.69) is 59.0 Å². The van der Waals surface area contributed by atoms with Crippen molar-refractivity contribution in [1.82, 2.24) is 9.55 Å². The highest BCUT2D eigenvalue weighted by molar-refractivity contribution is 5.94. The van der Waals surface area contributed by atoms with E-state index in [4.69, 9.17) is 4.98 Å². The molecule has 192 valence electrons. The maximum absolute atomic E-state index is 14.0. The molecule has 5 aromatic rings. The van der Waals surface area contributed by atoms with E-state index in [1.807, 2.05) is 6.07 Å². The number of benzene rings is 3. The second kappa shape index (κ2) is 9.93. The van der Waals surface area contributed by atoms with E-state index < -0.39 is 0 Å². The van der Waals surface area contributed by atoms with Crippen LogP contribution in [-0.4, -0.2) is 16.1 Å². The van der Waals surface area contributed by atoms with Gasteiger partial charge >= 0.3 is 0 Å². The number of aryl methyl sites for hydroxylation is 1. The number of nitrogens with zero attached hydrogens (tertiary/aromatic N) is 3. The van der Waals surface area contributed by atoms with Gasteiger partial charge in [-0.25, -0.2) is 13.8 Å². The number of halogens is 2. The average molecular weight is 509 g/mol. The van der Waals surface area contributed by atoms with Crippen LogP contribution in [-0.2, 0) is 26.1 Å². The van der Waals surface area contributed by atoms with Crippen molar-refractivity contribution in [2.24, 2.45) is 0 Å². The summed E-state index contributed by atoms with van der Waals surface area (Å²) in [5.41, 5.74) is 8.81. The molecule has 3 heterocycles. The van der Waals surface area contributed by atoms with E-state index >= 15 is 0 Å². The van der Waals surface area contributed by atoms with Crippen LogP contribution < -0.4 is 10.2 Å². The molecule has 0 bridgehead atoms. The summed E-state index contributed by atoms with van der Waals surface area (Å²) in [6.45, 7) is 7.02. The fourth-order valence-electron chi connectivity index (χ4n) is 5.46. The molecule has 38 heavy (non-hydrogen) atoms. The standard InChI is InChI=1S/C32H30F2N4/c1-21-22(2)38(19-23-6-5-9-27(34)16-23)31-30(21)17-29(18-35-28-12-10-26(33)11-13-28)36-32(31)37-15-14-24-7-3-4-8-25(24)20-37/h3-13,16-17,35H,14-15,18-20H2,1-2H3. The molecule has 0 saturated carbocycles. The predicted octanol–water partition coefficient (Wildman–Crippen LogP) is 7.15. The topological polar surface area (TPSA) is 33.1 Å². The van der Waals surface area contributed by atoms with Crippen LogP contribution in [0.15, 0.2) is 78.9 Å². The quantitative estimate of drug-likeness (QED) is 0.264. The summed E-state index contributed by atoms with van der Waals surface area (Å²) in [6.07, 6.45) is 0.958. The van der Waals surface area contributed by atoms with Crippen molar-refractivity contribution < 1.29 is 8.78 Å². The number of fused-ring (bicyclic) bond motifs is 2. The highest BCUT2D eigenvalue weighted by Crippen LogP contribution is 2.35. The normalized spacial score (nSPS) is 13.1. The number of hydrogen-bond acceptors (Lipinski definition) is 3.